The van der Waals surface area contributed by atoms with Crippen molar-refractivity contribution >= 4 is 5.97 Å². The first kappa shape index (κ1) is 15.5. The van der Waals surface area contributed by atoms with E-state index in [9.17, 15) is 18.7 Å². The molecule has 1 aliphatic heterocycles. The molecule has 1 aliphatic rings. The van der Waals surface area contributed by atoms with Gasteiger partial charge in [-0.25, -0.2) is 8.78 Å². The molecule has 0 fully saturated rings. The van der Waals surface area contributed by atoms with Crippen LogP contribution in [0.1, 0.15) is 31.9 Å². The lowest BCUT2D eigenvalue weighted by molar-refractivity contribution is -0.146. The summed E-state index contributed by atoms with van der Waals surface area (Å²) in [5.74, 6) is -3.42. The van der Waals surface area contributed by atoms with Gasteiger partial charge in [0.2, 0.25) is 0 Å². The molecule has 21 heavy (non-hydrogen) atoms. The maximum atomic E-state index is 13.6. The fourth-order valence-corrected chi connectivity index (χ4v) is 2.16. The largest absolute Gasteiger partial charge is 0.486 e. The molecule has 1 aromatic carbocycles. The van der Waals surface area contributed by atoms with Gasteiger partial charge in [0, 0.05) is 12.5 Å². The van der Waals surface area contributed by atoms with Crippen molar-refractivity contribution in [1.29, 1.82) is 0 Å². The Hall–Kier alpha value is -1.85. The normalized spacial score (nSPS) is 14.9. The summed E-state index contributed by atoms with van der Waals surface area (Å²) in [5.41, 5.74) is -0.866. The lowest BCUT2D eigenvalue weighted by atomic mass is 9.84. The first-order valence-corrected chi connectivity index (χ1v) is 6.65. The second kappa shape index (κ2) is 5.16. The highest BCUT2D eigenvalue weighted by atomic mass is 19.3. The Morgan fingerprint density at radius 2 is 1.86 bits per heavy atom. The van der Waals surface area contributed by atoms with E-state index in [1.165, 1.54) is 12.1 Å². The second-order valence-corrected chi connectivity index (χ2v) is 5.91. The van der Waals surface area contributed by atoms with Gasteiger partial charge < -0.3 is 14.6 Å². The highest BCUT2D eigenvalue weighted by molar-refractivity contribution is 5.74. The molecule has 116 valence electrons. The number of ether oxygens (including phenoxy) is 2. The van der Waals surface area contributed by atoms with Crippen molar-refractivity contribution in [3.05, 3.63) is 23.3 Å². The van der Waals surface area contributed by atoms with Crippen molar-refractivity contribution in [2.75, 3.05) is 13.2 Å². The van der Waals surface area contributed by atoms with Gasteiger partial charge in [0.15, 0.2) is 11.5 Å². The van der Waals surface area contributed by atoms with Crippen LogP contribution in [0.4, 0.5) is 8.78 Å². The quantitative estimate of drug-likeness (QED) is 0.927. The highest BCUT2D eigenvalue weighted by Gasteiger charge is 2.33. The monoisotopic (exact) mass is 300 g/mol. The number of hydrogen-bond acceptors (Lipinski definition) is 3. The molecule has 0 saturated heterocycles. The van der Waals surface area contributed by atoms with E-state index in [0.717, 1.165) is 6.92 Å². The summed E-state index contributed by atoms with van der Waals surface area (Å²) in [6.07, 6.45) is 0.0813. The van der Waals surface area contributed by atoms with Crippen molar-refractivity contribution < 1.29 is 28.2 Å². The van der Waals surface area contributed by atoms with Crippen LogP contribution in [0.2, 0.25) is 0 Å². The van der Waals surface area contributed by atoms with Gasteiger partial charge in [-0.2, -0.15) is 0 Å². The number of carboxylic acids is 1. The van der Waals surface area contributed by atoms with Crippen LogP contribution in [0.3, 0.4) is 0 Å². The number of hydrogen-bond donors (Lipinski definition) is 1. The fraction of sp³-hybridized carbons (Fsp3) is 0.533. The smallest absolute Gasteiger partial charge is 0.309 e. The van der Waals surface area contributed by atoms with Gasteiger partial charge in [-0.15, -0.1) is 0 Å². The average molecular weight is 300 g/mol. The molecule has 0 radical (unpaired) electrons. The van der Waals surface area contributed by atoms with Crippen molar-refractivity contribution in [1.82, 2.24) is 0 Å². The molecule has 4 nitrogen and oxygen atoms in total. The number of carbonyl (C=O) groups is 1. The molecule has 0 bridgehead atoms. The fourth-order valence-electron chi connectivity index (χ4n) is 2.16. The summed E-state index contributed by atoms with van der Waals surface area (Å²) in [6, 6.07) is 2.56. The summed E-state index contributed by atoms with van der Waals surface area (Å²) in [5, 5.41) is 9.22. The Morgan fingerprint density at radius 1 is 1.24 bits per heavy atom. The van der Waals surface area contributed by atoms with Crippen LogP contribution in [0.15, 0.2) is 12.1 Å². The predicted octanol–water partition coefficient (Wildman–Crippen LogP) is 3.22. The van der Waals surface area contributed by atoms with E-state index in [-0.39, 0.29) is 24.3 Å². The first-order valence-electron chi connectivity index (χ1n) is 6.65. The Labute approximate surface area is 121 Å². The number of alkyl halides is 2. The first-order chi connectivity index (χ1) is 9.61. The third-order valence-corrected chi connectivity index (χ3v) is 3.44. The number of carboxylic acid groups (broad SMARTS) is 1. The molecule has 6 heteroatoms. The van der Waals surface area contributed by atoms with E-state index in [4.69, 9.17) is 9.47 Å². The van der Waals surface area contributed by atoms with Crippen LogP contribution in [0.25, 0.3) is 0 Å². The van der Waals surface area contributed by atoms with Gasteiger partial charge in [-0.1, -0.05) is 0 Å². The van der Waals surface area contributed by atoms with Crippen LogP contribution in [0, 0.1) is 5.41 Å². The molecule has 0 unspecified atom stereocenters. The summed E-state index contributed by atoms with van der Waals surface area (Å²) < 4.78 is 38.0. The number of rotatable bonds is 4. The third-order valence-electron chi connectivity index (χ3n) is 3.44. The minimum atomic E-state index is -3.03. The van der Waals surface area contributed by atoms with Crippen molar-refractivity contribution in [3.63, 3.8) is 0 Å². The maximum absolute atomic E-state index is 13.6. The maximum Gasteiger partial charge on any atom is 0.309 e. The molecule has 0 atom stereocenters. The molecule has 2 rings (SSSR count). The molecular formula is C15H18F2O4. The molecule has 0 aliphatic carbocycles. The van der Waals surface area contributed by atoms with E-state index in [1.54, 1.807) is 13.8 Å². The number of benzene rings is 1. The molecule has 1 aromatic rings. The molecule has 0 saturated carbocycles. The minimum Gasteiger partial charge on any atom is -0.486 e. The van der Waals surface area contributed by atoms with E-state index in [0.29, 0.717) is 17.9 Å². The summed E-state index contributed by atoms with van der Waals surface area (Å²) >= 11 is 0. The predicted molar refractivity (Wildman–Crippen MR) is 72.1 cm³/mol. The Balaban J connectivity index is 2.50. The standard InChI is InChI=1S/C15H18F2O4/c1-14(2,13(18)19)8-9-6-10(15(3,16)17)7-11-12(9)21-5-4-20-11/h6-7H,4-5,8H2,1-3H3,(H,18,19). The van der Waals surface area contributed by atoms with Gasteiger partial charge in [-0.3, -0.25) is 4.79 Å². The van der Waals surface area contributed by atoms with E-state index in [1.807, 2.05) is 0 Å². The zero-order valence-corrected chi connectivity index (χ0v) is 12.2. The van der Waals surface area contributed by atoms with Crippen LogP contribution in [0.5, 0.6) is 11.5 Å². The van der Waals surface area contributed by atoms with E-state index >= 15 is 0 Å². The van der Waals surface area contributed by atoms with Gasteiger partial charge in [0.1, 0.15) is 13.2 Å². The molecular weight excluding hydrogens is 282 g/mol. The van der Waals surface area contributed by atoms with Gasteiger partial charge in [-0.05, 0) is 38.0 Å². The van der Waals surface area contributed by atoms with Crippen LogP contribution in [-0.2, 0) is 17.1 Å². The number of halogens is 2. The van der Waals surface area contributed by atoms with Gasteiger partial charge in [0.25, 0.3) is 5.92 Å². The molecule has 0 aromatic heterocycles. The van der Waals surface area contributed by atoms with E-state index < -0.39 is 17.3 Å². The zero-order chi connectivity index (χ0) is 15.8. The van der Waals surface area contributed by atoms with E-state index in [2.05, 4.69) is 0 Å². The Morgan fingerprint density at radius 3 is 2.43 bits per heavy atom. The topological polar surface area (TPSA) is 55.8 Å². The number of aliphatic carboxylic acids is 1. The zero-order valence-electron chi connectivity index (χ0n) is 12.2. The highest BCUT2D eigenvalue weighted by Crippen LogP contribution is 2.41. The van der Waals surface area contributed by atoms with Crippen molar-refractivity contribution in [2.45, 2.75) is 33.1 Å². The third kappa shape index (κ3) is 3.25. The van der Waals surface area contributed by atoms with Crippen LogP contribution < -0.4 is 9.47 Å². The summed E-state index contributed by atoms with van der Waals surface area (Å²) in [4.78, 5) is 11.3. The van der Waals surface area contributed by atoms with Crippen LogP contribution >= 0.6 is 0 Å². The SMILES string of the molecule is CC(C)(Cc1cc(C(C)(F)F)cc2c1OCCO2)C(=O)O. The van der Waals surface area contributed by atoms with Gasteiger partial charge >= 0.3 is 5.97 Å². The molecule has 0 spiro atoms. The summed E-state index contributed by atoms with van der Waals surface area (Å²) in [7, 11) is 0. The molecule has 1 N–H and O–H groups in total. The number of fused-ring (bicyclic) bond motifs is 1. The Bertz CT molecular complexity index is 562. The lowest BCUT2D eigenvalue weighted by Gasteiger charge is -2.26. The second-order valence-electron chi connectivity index (χ2n) is 5.91. The molecule has 0 amide bonds. The summed E-state index contributed by atoms with van der Waals surface area (Å²) in [6.45, 7) is 4.48. The van der Waals surface area contributed by atoms with Crippen molar-refractivity contribution in [2.24, 2.45) is 5.41 Å². The minimum absolute atomic E-state index is 0.0813. The van der Waals surface area contributed by atoms with Crippen LogP contribution in [-0.4, -0.2) is 24.3 Å². The molecule has 1 heterocycles. The Kier molecular flexibility index (Phi) is 3.82. The van der Waals surface area contributed by atoms with Crippen molar-refractivity contribution in [3.8, 4) is 11.5 Å². The lowest BCUT2D eigenvalue weighted by Crippen LogP contribution is -2.27. The van der Waals surface area contributed by atoms with Gasteiger partial charge in [0.05, 0.1) is 5.41 Å². The average Bonchev–Trinajstić information content (AvgIpc) is 2.37.